The van der Waals surface area contributed by atoms with Crippen molar-refractivity contribution >= 4 is 11.0 Å². The van der Waals surface area contributed by atoms with E-state index in [1.807, 2.05) is 48.5 Å². The van der Waals surface area contributed by atoms with Crippen molar-refractivity contribution in [2.45, 2.75) is 24.1 Å². The van der Waals surface area contributed by atoms with Crippen LogP contribution in [0.1, 0.15) is 23.3 Å². The van der Waals surface area contributed by atoms with Crippen LogP contribution >= 0.6 is 0 Å². The molecule has 1 fully saturated rings. The predicted octanol–water partition coefficient (Wildman–Crippen LogP) is 3.70. The Balaban J connectivity index is 1.40. The molecule has 0 amide bonds. The number of nitrogens with one attached hydrogen (secondary N) is 3. The third-order valence-electron chi connectivity index (χ3n) is 5.96. The number of imidazole rings is 1. The summed E-state index contributed by atoms with van der Waals surface area (Å²) in [5.41, 5.74) is 10.2. The number of aromatic amines is 1. The Morgan fingerprint density at radius 2 is 1.57 bits per heavy atom. The van der Waals surface area contributed by atoms with Crippen LogP contribution in [0.15, 0.2) is 78.9 Å². The van der Waals surface area contributed by atoms with E-state index < -0.39 is 0 Å². The van der Waals surface area contributed by atoms with Gasteiger partial charge in [0.2, 0.25) is 0 Å². The zero-order chi connectivity index (χ0) is 19.9. The van der Waals surface area contributed by atoms with Gasteiger partial charge in [-0.3, -0.25) is 0 Å². The average molecular weight is 398 g/mol. The summed E-state index contributed by atoms with van der Waals surface area (Å²) < 4.78 is 12.4. The van der Waals surface area contributed by atoms with Gasteiger partial charge in [0, 0.05) is 0 Å². The van der Waals surface area contributed by atoms with Crippen LogP contribution in [0.3, 0.4) is 0 Å². The standard InChI is InChI=1S/C24H22N4O2/c1-2-8-15(9-3-1)22-21(24-25-16-10-4-5-11-17(16)26-24)23(28-27-22)20-14-29-18-12-6-7-13-19(18)30-20/h1-13,20-23,27-28H,14H2,(H,25,26). The van der Waals surface area contributed by atoms with Gasteiger partial charge >= 0.3 is 0 Å². The molecule has 4 aromatic rings. The molecule has 6 rings (SSSR count). The molecule has 4 atom stereocenters. The predicted molar refractivity (Wildman–Crippen MR) is 114 cm³/mol. The minimum absolute atomic E-state index is 0.0240. The maximum atomic E-state index is 6.36. The molecule has 0 aliphatic carbocycles. The Hall–Kier alpha value is -3.35. The summed E-state index contributed by atoms with van der Waals surface area (Å²) in [7, 11) is 0. The molecule has 3 aromatic carbocycles. The van der Waals surface area contributed by atoms with E-state index in [-0.39, 0.29) is 24.1 Å². The van der Waals surface area contributed by atoms with Gasteiger partial charge in [0.05, 0.1) is 29.0 Å². The van der Waals surface area contributed by atoms with Gasteiger partial charge in [-0.2, -0.15) is 0 Å². The third kappa shape index (κ3) is 2.93. The topological polar surface area (TPSA) is 71.2 Å². The smallest absolute Gasteiger partial charge is 0.161 e. The number of hydrogen-bond acceptors (Lipinski definition) is 5. The van der Waals surface area contributed by atoms with E-state index in [1.54, 1.807) is 0 Å². The van der Waals surface area contributed by atoms with Crippen LogP contribution < -0.4 is 20.3 Å². The monoisotopic (exact) mass is 398 g/mol. The molecule has 0 bridgehead atoms. The van der Waals surface area contributed by atoms with Gasteiger partial charge in [0.25, 0.3) is 0 Å². The van der Waals surface area contributed by atoms with E-state index in [1.165, 1.54) is 5.56 Å². The van der Waals surface area contributed by atoms with Gasteiger partial charge in [-0.25, -0.2) is 15.8 Å². The number of fused-ring (bicyclic) bond motifs is 2. The molecule has 2 aliphatic rings. The Bertz CT molecular complexity index is 1140. The molecule has 4 unspecified atom stereocenters. The third-order valence-corrected chi connectivity index (χ3v) is 5.96. The molecule has 30 heavy (non-hydrogen) atoms. The van der Waals surface area contributed by atoms with Gasteiger partial charge in [0.1, 0.15) is 12.4 Å². The first-order chi connectivity index (χ1) is 14.9. The number of ether oxygens (including phenoxy) is 2. The lowest BCUT2D eigenvalue weighted by Gasteiger charge is -2.32. The van der Waals surface area contributed by atoms with Crippen LogP contribution in [-0.4, -0.2) is 28.7 Å². The fraction of sp³-hybridized carbons (Fsp3) is 0.208. The van der Waals surface area contributed by atoms with Crippen molar-refractivity contribution in [3.63, 3.8) is 0 Å². The van der Waals surface area contributed by atoms with Gasteiger partial charge in [-0.1, -0.05) is 54.6 Å². The SMILES string of the molecule is c1ccc(C2NNC(C3COc4ccccc4O3)C2c2nc3ccccc3[nH]2)cc1. The molecule has 1 aromatic heterocycles. The number of nitrogens with zero attached hydrogens (tertiary/aromatic N) is 1. The Kier molecular flexibility index (Phi) is 4.18. The van der Waals surface area contributed by atoms with Crippen molar-refractivity contribution in [3.05, 3.63) is 90.3 Å². The highest BCUT2D eigenvalue weighted by atomic mass is 16.6. The number of hydrogen-bond donors (Lipinski definition) is 3. The van der Waals surface area contributed by atoms with Crippen LogP contribution in [0.4, 0.5) is 0 Å². The highest BCUT2D eigenvalue weighted by Crippen LogP contribution is 2.40. The summed E-state index contributed by atoms with van der Waals surface area (Å²) in [6.07, 6.45) is -0.153. The minimum atomic E-state index is -0.153. The highest BCUT2D eigenvalue weighted by Gasteiger charge is 2.46. The van der Waals surface area contributed by atoms with Crippen molar-refractivity contribution in [3.8, 4) is 11.5 Å². The summed E-state index contributed by atoms with van der Waals surface area (Å²) in [4.78, 5) is 8.47. The van der Waals surface area contributed by atoms with E-state index in [0.717, 1.165) is 28.4 Å². The number of aromatic nitrogens is 2. The lowest BCUT2D eigenvalue weighted by Crippen LogP contribution is -2.48. The van der Waals surface area contributed by atoms with Crippen molar-refractivity contribution < 1.29 is 9.47 Å². The van der Waals surface area contributed by atoms with Crippen molar-refractivity contribution in [1.82, 2.24) is 20.8 Å². The number of hydrazine groups is 1. The zero-order valence-electron chi connectivity index (χ0n) is 16.3. The molecule has 1 saturated heterocycles. The molecule has 0 spiro atoms. The molecule has 6 nitrogen and oxygen atoms in total. The minimum Gasteiger partial charge on any atom is -0.486 e. The Labute approximate surface area is 174 Å². The van der Waals surface area contributed by atoms with E-state index in [9.17, 15) is 0 Å². The van der Waals surface area contributed by atoms with E-state index in [4.69, 9.17) is 14.5 Å². The maximum Gasteiger partial charge on any atom is 0.161 e. The number of H-pyrrole nitrogens is 1. The average Bonchev–Trinajstić information content (AvgIpc) is 3.43. The van der Waals surface area contributed by atoms with E-state index in [0.29, 0.717) is 6.61 Å². The van der Waals surface area contributed by atoms with Gasteiger partial charge < -0.3 is 14.5 Å². The molecule has 3 heterocycles. The van der Waals surface area contributed by atoms with Gasteiger partial charge in [-0.05, 0) is 29.8 Å². The molecule has 150 valence electrons. The first-order valence-electron chi connectivity index (χ1n) is 10.3. The number of benzene rings is 3. The molecule has 6 heteroatoms. The van der Waals surface area contributed by atoms with Crippen LogP contribution in [0.5, 0.6) is 11.5 Å². The molecule has 0 radical (unpaired) electrons. The van der Waals surface area contributed by atoms with Gasteiger partial charge in [0.15, 0.2) is 17.6 Å². The largest absolute Gasteiger partial charge is 0.486 e. The van der Waals surface area contributed by atoms with E-state index in [2.05, 4.69) is 46.2 Å². The second-order valence-corrected chi connectivity index (χ2v) is 7.78. The second kappa shape index (κ2) is 7.16. The van der Waals surface area contributed by atoms with Crippen LogP contribution in [0.2, 0.25) is 0 Å². The van der Waals surface area contributed by atoms with Crippen LogP contribution in [0, 0.1) is 0 Å². The van der Waals surface area contributed by atoms with E-state index >= 15 is 0 Å². The summed E-state index contributed by atoms with van der Waals surface area (Å²) in [5, 5.41) is 0. The second-order valence-electron chi connectivity index (χ2n) is 7.78. The van der Waals surface area contributed by atoms with Crippen molar-refractivity contribution in [2.75, 3.05) is 6.61 Å². The molecule has 2 aliphatic heterocycles. The first kappa shape index (κ1) is 17.5. The summed E-state index contributed by atoms with van der Waals surface area (Å²) in [6.45, 7) is 0.481. The first-order valence-corrected chi connectivity index (χ1v) is 10.3. The van der Waals surface area contributed by atoms with Crippen LogP contribution in [-0.2, 0) is 0 Å². The highest BCUT2D eigenvalue weighted by molar-refractivity contribution is 5.75. The summed E-state index contributed by atoms with van der Waals surface area (Å²) in [6, 6.07) is 26.4. The number of rotatable bonds is 3. The lowest BCUT2D eigenvalue weighted by atomic mass is 9.86. The molecule has 0 saturated carbocycles. The normalized spacial score (nSPS) is 25.5. The summed E-state index contributed by atoms with van der Waals surface area (Å²) in [5.74, 6) is 2.55. The summed E-state index contributed by atoms with van der Waals surface area (Å²) >= 11 is 0. The van der Waals surface area contributed by atoms with Crippen molar-refractivity contribution in [2.24, 2.45) is 0 Å². The quantitative estimate of drug-likeness (QED) is 0.491. The molecule has 3 N–H and O–H groups in total. The lowest BCUT2D eigenvalue weighted by molar-refractivity contribution is 0.0605. The van der Waals surface area contributed by atoms with Crippen molar-refractivity contribution in [1.29, 1.82) is 0 Å². The fourth-order valence-corrected chi connectivity index (χ4v) is 4.52. The van der Waals surface area contributed by atoms with Gasteiger partial charge in [-0.15, -0.1) is 0 Å². The Morgan fingerprint density at radius 3 is 2.43 bits per heavy atom. The fourth-order valence-electron chi connectivity index (χ4n) is 4.52. The number of para-hydroxylation sites is 4. The molecular formula is C24H22N4O2. The maximum absolute atomic E-state index is 6.36. The van der Waals surface area contributed by atoms with Crippen LogP contribution in [0.25, 0.3) is 11.0 Å². The molecular weight excluding hydrogens is 376 g/mol. The Morgan fingerprint density at radius 1 is 0.800 bits per heavy atom. The zero-order valence-corrected chi connectivity index (χ0v) is 16.3.